The predicted octanol–water partition coefficient (Wildman–Crippen LogP) is 3.13. The summed E-state index contributed by atoms with van der Waals surface area (Å²) >= 11 is 0.449. The van der Waals surface area contributed by atoms with Gasteiger partial charge < -0.3 is 15.8 Å². The quantitative estimate of drug-likeness (QED) is 0.826. The summed E-state index contributed by atoms with van der Waals surface area (Å²) in [7, 11) is 1.43. The Hall–Kier alpha value is -2.09. The lowest BCUT2D eigenvalue weighted by Crippen LogP contribution is -2.03. The number of rotatable bonds is 5. The van der Waals surface area contributed by atoms with Gasteiger partial charge in [0.15, 0.2) is 5.82 Å². The largest absolute Gasteiger partial charge is 0.479 e. The molecular weight excluding hydrogens is 286 g/mol. The summed E-state index contributed by atoms with van der Waals surface area (Å²) in [5, 5.41) is 2.91. The summed E-state index contributed by atoms with van der Waals surface area (Å²) in [6.45, 7) is 0. The van der Waals surface area contributed by atoms with Gasteiger partial charge >= 0.3 is 0 Å². The third-order valence-corrected chi connectivity index (χ3v) is 3.18. The first-order valence-electron chi connectivity index (χ1n) is 5.57. The summed E-state index contributed by atoms with van der Waals surface area (Å²) in [4.78, 5) is 8.23. The van der Waals surface area contributed by atoms with Crippen LogP contribution in [0.4, 0.5) is 26.0 Å². The number of para-hydroxylation sites is 1. The van der Waals surface area contributed by atoms with Crippen LogP contribution in [0, 0.1) is 0 Å². The molecule has 20 heavy (non-hydrogen) atoms. The van der Waals surface area contributed by atoms with E-state index < -0.39 is 5.76 Å². The van der Waals surface area contributed by atoms with Crippen LogP contribution in [0.25, 0.3) is 0 Å². The van der Waals surface area contributed by atoms with Gasteiger partial charge in [-0.2, -0.15) is 13.8 Å². The molecule has 106 valence electrons. The molecule has 1 aromatic carbocycles. The van der Waals surface area contributed by atoms with Crippen molar-refractivity contribution in [3.8, 4) is 5.88 Å². The van der Waals surface area contributed by atoms with E-state index in [-0.39, 0.29) is 11.6 Å². The number of methoxy groups -OCH3 is 1. The molecule has 0 radical (unpaired) electrons. The molecule has 0 spiro atoms. The molecule has 1 heterocycles. The van der Waals surface area contributed by atoms with Gasteiger partial charge in [-0.25, -0.2) is 4.98 Å². The molecule has 0 saturated heterocycles. The summed E-state index contributed by atoms with van der Waals surface area (Å²) in [5.74, 6) is -1.98. The highest BCUT2D eigenvalue weighted by Crippen LogP contribution is 2.35. The summed E-state index contributed by atoms with van der Waals surface area (Å²) in [5.41, 5.74) is 6.53. The van der Waals surface area contributed by atoms with E-state index in [0.29, 0.717) is 28.2 Å². The molecule has 2 aromatic rings. The van der Waals surface area contributed by atoms with Gasteiger partial charge in [0, 0.05) is 4.90 Å². The highest BCUT2D eigenvalue weighted by molar-refractivity contribution is 7.99. The molecule has 0 aliphatic heterocycles. The molecule has 0 unspecified atom stereocenters. The second-order valence-corrected chi connectivity index (χ2v) is 4.68. The van der Waals surface area contributed by atoms with E-state index in [1.54, 1.807) is 24.3 Å². The SMILES string of the molecule is COc1ncnc(Nc2ccccc2SC(F)F)c1N. The van der Waals surface area contributed by atoms with E-state index in [9.17, 15) is 8.78 Å². The lowest BCUT2D eigenvalue weighted by molar-refractivity contribution is 0.252. The van der Waals surface area contributed by atoms with Gasteiger partial charge in [-0.1, -0.05) is 23.9 Å². The summed E-state index contributed by atoms with van der Waals surface area (Å²) < 4.78 is 30.0. The Bertz CT molecular complexity index is 597. The molecule has 2 rings (SSSR count). The third-order valence-electron chi connectivity index (χ3n) is 2.40. The van der Waals surface area contributed by atoms with Gasteiger partial charge in [0.05, 0.1) is 12.8 Å². The second-order valence-electron chi connectivity index (χ2n) is 3.64. The van der Waals surface area contributed by atoms with E-state index in [4.69, 9.17) is 10.5 Å². The van der Waals surface area contributed by atoms with Crippen molar-refractivity contribution in [1.82, 2.24) is 9.97 Å². The number of nitrogens with two attached hydrogens (primary N) is 1. The molecule has 0 fully saturated rings. The number of nitrogen functional groups attached to an aromatic ring is 1. The monoisotopic (exact) mass is 298 g/mol. The van der Waals surface area contributed by atoms with Crippen molar-refractivity contribution >= 4 is 29.0 Å². The minimum Gasteiger partial charge on any atom is -0.479 e. The highest BCUT2D eigenvalue weighted by atomic mass is 32.2. The number of benzene rings is 1. The molecule has 1 aromatic heterocycles. The zero-order chi connectivity index (χ0) is 14.5. The zero-order valence-electron chi connectivity index (χ0n) is 10.5. The first kappa shape index (κ1) is 14.3. The van der Waals surface area contributed by atoms with Gasteiger partial charge in [-0.15, -0.1) is 0 Å². The Balaban J connectivity index is 2.30. The number of nitrogens with zero attached hydrogens (tertiary/aromatic N) is 2. The molecule has 0 bridgehead atoms. The van der Waals surface area contributed by atoms with Crippen LogP contribution < -0.4 is 15.8 Å². The van der Waals surface area contributed by atoms with Crippen LogP contribution >= 0.6 is 11.8 Å². The molecule has 0 saturated carbocycles. The normalized spacial score (nSPS) is 10.6. The number of ether oxygens (including phenoxy) is 1. The topological polar surface area (TPSA) is 73.1 Å². The number of anilines is 3. The smallest absolute Gasteiger partial charge is 0.288 e. The highest BCUT2D eigenvalue weighted by Gasteiger charge is 2.13. The molecule has 0 aliphatic rings. The van der Waals surface area contributed by atoms with Crippen molar-refractivity contribution in [1.29, 1.82) is 0 Å². The lowest BCUT2D eigenvalue weighted by atomic mass is 10.3. The van der Waals surface area contributed by atoms with Crippen molar-refractivity contribution < 1.29 is 13.5 Å². The van der Waals surface area contributed by atoms with Gasteiger partial charge in [0.2, 0.25) is 5.88 Å². The first-order chi connectivity index (χ1) is 9.61. The third kappa shape index (κ3) is 3.27. The Morgan fingerprint density at radius 3 is 2.75 bits per heavy atom. The van der Waals surface area contributed by atoms with E-state index >= 15 is 0 Å². The number of halogens is 2. The molecule has 3 N–H and O–H groups in total. The molecule has 5 nitrogen and oxygen atoms in total. The average Bonchev–Trinajstić information content (AvgIpc) is 2.42. The fourth-order valence-electron chi connectivity index (χ4n) is 1.54. The van der Waals surface area contributed by atoms with Crippen LogP contribution in [0.1, 0.15) is 0 Å². The minimum absolute atomic E-state index is 0.215. The number of thioether (sulfide) groups is 1. The van der Waals surface area contributed by atoms with Crippen molar-refractivity contribution in [2.24, 2.45) is 0 Å². The van der Waals surface area contributed by atoms with Gasteiger partial charge in [-0.3, -0.25) is 0 Å². The predicted molar refractivity (Wildman–Crippen MR) is 74.6 cm³/mol. The second kappa shape index (κ2) is 6.38. The zero-order valence-corrected chi connectivity index (χ0v) is 11.3. The Labute approximate surface area is 118 Å². The number of hydrogen-bond acceptors (Lipinski definition) is 6. The van der Waals surface area contributed by atoms with Crippen molar-refractivity contribution in [2.75, 3.05) is 18.2 Å². The maximum atomic E-state index is 12.5. The van der Waals surface area contributed by atoms with E-state index in [2.05, 4.69) is 15.3 Å². The minimum atomic E-state index is -2.50. The molecule has 0 amide bonds. The fourth-order valence-corrected chi connectivity index (χ4v) is 2.13. The van der Waals surface area contributed by atoms with Crippen LogP contribution in [0.3, 0.4) is 0 Å². The lowest BCUT2D eigenvalue weighted by Gasteiger charge is -2.13. The van der Waals surface area contributed by atoms with Crippen molar-refractivity contribution in [3.05, 3.63) is 30.6 Å². The standard InChI is InChI=1S/C12H12F2N4OS/c1-19-11-9(15)10(16-6-17-11)18-7-4-2-3-5-8(7)20-12(13)14/h2-6,12H,15H2,1H3,(H,16,17,18). The van der Waals surface area contributed by atoms with Crippen LogP contribution in [-0.2, 0) is 0 Å². The van der Waals surface area contributed by atoms with E-state index in [1.165, 1.54) is 13.4 Å². The number of nitrogens with one attached hydrogen (secondary N) is 1. The molecular formula is C12H12F2N4OS. The van der Waals surface area contributed by atoms with Crippen molar-refractivity contribution in [2.45, 2.75) is 10.7 Å². The maximum Gasteiger partial charge on any atom is 0.288 e. The van der Waals surface area contributed by atoms with E-state index in [1.807, 2.05) is 0 Å². The Kier molecular flexibility index (Phi) is 4.57. The van der Waals surface area contributed by atoms with Crippen LogP contribution in [0.2, 0.25) is 0 Å². The van der Waals surface area contributed by atoms with Gasteiger partial charge in [-0.05, 0) is 12.1 Å². The Morgan fingerprint density at radius 1 is 1.30 bits per heavy atom. The molecule has 0 atom stereocenters. The maximum absolute atomic E-state index is 12.5. The van der Waals surface area contributed by atoms with Crippen LogP contribution in [0.5, 0.6) is 5.88 Å². The van der Waals surface area contributed by atoms with Crippen LogP contribution in [0.15, 0.2) is 35.5 Å². The average molecular weight is 298 g/mol. The Morgan fingerprint density at radius 2 is 2.05 bits per heavy atom. The summed E-state index contributed by atoms with van der Waals surface area (Å²) in [6, 6.07) is 6.67. The van der Waals surface area contributed by atoms with Crippen molar-refractivity contribution in [3.63, 3.8) is 0 Å². The number of aromatic nitrogens is 2. The van der Waals surface area contributed by atoms with E-state index in [0.717, 1.165) is 0 Å². The van der Waals surface area contributed by atoms with Gasteiger partial charge in [0.1, 0.15) is 12.0 Å². The fraction of sp³-hybridized carbons (Fsp3) is 0.167. The van der Waals surface area contributed by atoms with Gasteiger partial charge in [0.25, 0.3) is 5.76 Å². The summed E-state index contributed by atoms with van der Waals surface area (Å²) in [6.07, 6.45) is 1.28. The molecule has 0 aliphatic carbocycles. The van der Waals surface area contributed by atoms with Crippen LogP contribution in [-0.4, -0.2) is 22.8 Å². The number of alkyl halides is 2. The molecule has 8 heteroatoms. The number of hydrogen-bond donors (Lipinski definition) is 2. The first-order valence-corrected chi connectivity index (χ1v) is 6.45.